The Morgan fingerprint density at radius 3 is 2.62 bits per heavy atom. The molecule has 3 nitrogen and oxygen atoms in total. The van der Waals surface area contributed by atoms with E-state index in [0.717, 1.165) is 13.0 Å². The van der Waals surface area contributed by atoms with Crippen LogP contribution in [0.3, 0.4) is 0 Å². The predicted molar refractivity (Wildman–Crippen MR) is 33.4 cm³/mol. The van der Waals surface area contributed by atoms with E-state index in [9.17, 15) is 0 Å². The molecule has 0 aromatic carbocycles. The standard InChI is InChI=1S/C5H14N2O/c1-7(5-6)3-2-4-8/h8H,2-6H2,1H3. The van der Waals surface area contributed by atoms with Crippen molar-refractivity contribution in [1.29, 1.82) is 0 Å². The molecule has 0 aromatic rings. The molecule has 0 aromatic heterocycles. The van der Waals surface area contributed by atoms with Gasteiger partial charge < -0.3 is 10.8 Å². The SMILES string of the molecule is CN(CN)CCCO. The van der Waals surface area contributed by atoms with Gasteiger partial charge in [-0.3, -0.25) is 4.90 Å². The Kier molecular flexibility index (Phi) is 4.95. The second-order valence-corrected chi connectivity index (χ2v) is 1.84. The van der Waals surface area contributed by atoms with E-state index in [1.54, 1.807) is 0 Å². The molecule has 0 rings (SSSR count). The number of hydrogen-bond acceptors (Lipinski definition) is 3. The molecule has 0 saturated heterocycles. The van der Waals surface area contributed by atoms with Crippen molar-refractivity contribution in [3.63, 3.8) is 0 Å². The average molecular weight is 118 g/mol. The summed E-state index contributed by atoms with van der Waals surface area (Å²) in [5.41, 5.74) is 5.26. The van der Waals surface area contributed by atoms with Gasteiger partial charge in [-0.15, -0.1) is 0 Å². The lowest BCUT2D eigenvalue weighted by Crippen LogP contribution is -2.26. The first-order chi connectivity index (χ1) is 3.81. The van der Waals surface area contributed by atoms with Gasteiger partial charge in [-0.2, -0.15) is 0 Å². The molecular weight excluding hydrogens is 104 g/mol. The Bertz CT molecular complexity index is 49.7. The highest BCUT2D eigenvalue weighted by Crippen LogP contribution is 1.80. The van der Waals surface area contributed by atoms with Crippen molar-refractivity contribution in [2.45, 2.75) is 6.42 Å². The van der Waals surface area contributed by atoms with Crippen LogP contribution < -0.4 is 5.73 Å². The molecule has 8 heavy (non-hydrogen) atoms. The molecule has 0 aliphatic rings. The Labute approximate surface area is 50.1 Å². The second kappa shape index (κ2) is 5.03. The van der Waals surface area contributed by atoms with Gasteiger partial charge in [0.1, 0.15) is 0 Å². The van der Waals surface area contributed by atoms with Gasteiger partial charge >= 0.3 is 0 Å². The van der Waals surface area contributed by atoms with Crippen LogP contribution in [-0.4, -0.2) is 36.9 Å². The van der Waals surface area contributed by atoms with Gasteiger partial charge in [-0.1, -0.05) is 0 Å². The lowest BCUT2D eigenvalue weighted by Gasteiger charge is -2.10. The Morgan fingerprint density at radius 1 is 1.62 bits per heavy atom. The average Bonchev–Trinajstić information content (AvgIpc) is 1.83. The number of nitrogens with two attached hydrogens (primary N) is 1. The Hall–Kier alpha value is -0.120. The van der Waals surface area contributed by atoms with Crippen LogP contribution >= 0.6 is 0 Å². The molecular formula is C5H14N2O. The van der Waals surface area contributed by atoms with Crippen LogP contribution in [0.2, 0.25) is 0 Å². The largest absolute Gasteiger partial charge is 0.396 e. The van der Waals surface area contributed by atoms with Crippen molar-refractivity contribution in [1.82, 2.24) is 4.90 Å². The van der Waals surface area contributed by atoms with Crippen molar-refractivity contribution in [2.75, 3.05) is 26.9 Å². The van der Waals surface area contributed by atoms with Crippen LogP contribution in [0, 0.1) is 0 Å². The summed E-state index contributed by atoms with van der Waals surface area (Å²) in [6, 6.07) is 0. The first-order valence-corrected chi connectivity index (χ1v) is 2.80. The maximum absolute atomic E-state index is 8.34. The first kappa shape index (κ1) is 7.88. The van der Waals surface area contributed by atoms with Gasteiger partial charge in [0.25, 0.3) is 0 Å². The molecule has 0 saturated carbocycles. The highest BCUT2D eigenvalue weighted by Gasteiger charge is 1.90. The van der Waals surface area contributed by atoms with E-state index in [-0.39, 0.29) is 6.61 Å². The van der Waals surface area contributed by atoms with E-state index in [1.807, 2.05) is 11.9 Å². The lowest BCUT2D eigenvalue weighted by atomic mass is 10.4. The van der Waals surface area contributed by atoms with Crippen molar-refractivity contribution in [3.8, 4) is 0 Å². The minimum absolute atomic E-state index is 0.254. The molecule has 0 heterocycles. The van der Waals surface area contributed by atoms with Gasteiger partial charge in [0.2, 0.25) is 0 Å². The fourth-order valence-corrected chi connectivity index (χ4v) is 0.432. The summed E-state index contributed by atoms with van der Waals surface area (Å²) >= 11 is 0. The zero-order chi connectivity index (χ0) is 6.41. The molecule has 0 radical (unpaired) electrons. The summed E-state index contributed by atoms with van der Waals surface area (Å²) in [7, 11) is 1.93. The van der Waals surface area contributed by atoms with E-state index in [4.69, 9.17) is 10.8 Å². The maximum atomic E-state index is 8.34. The fraction of sp³-hybridized carbons (Fsp3) is 1.00. The highest BCUT2D eigenvalue weighted by atomic mass is 16.3. The van der Waals surface area contributed by atoms with E-state index in [0.29, 0.717) is 6.67 Å². The topological polar surface area (TPSA) is 49.5 Å². The van der Waals surface area contributed by atoms with Crippen molar-refractivity contribution in [3.05, 3.63) is 0 Å². The normalized spacial score (nSPS) is 10.5. The summed E-state index contributed by atoms with van der Waals surface area (Å²) < 4.78 is 0. The van der Waals surface area contributed by atoms with Gasteiger partial charge in [-0.05, 0) is 13.5 Å². The van der Waals surface area contributed by atoms with Crippen molar-refractivity contribution in [2.24, 2.45) is 5.73 Å². The minimum atomic E-state index is 0.254. The summed E-state index contributed by atoms with van der Waals surface area (Å²) in [4.78, 5) is 1.95. The van der Waals surface area contributed by atoms with Gasteiger partial charge in [0.15, 0.2) is 0 Å². The number of aliphatic hydroxyl groups excluding tert-OH is 1. The fourth-order valence-electron chi connectivity index (χ4n) is 0.432. The molecule has 50 valence electrons. The smallest absolute Gasteiger partial charge is 0.0452 e. The van der Waals surface area contributed by atoms with Crippen LogP contribution in [0.5, 0.6) is 0 Å². The molecule has 0 aliphatic carbocycles. The van der Waals surface area contributed by atoms with Crippen molar-refractivity contribution >= 4 is 0 Å². The summed E-state index contributed by atoms with van der Waals surface area (Å²) in [5.74, 6) is 0. The monoisotopic (exact) mass is 118 g/mol. The number of rotatable bonds is 4. The van der Waals surface area contributed by atoms with E-state index < -0.39 is 0 Å². The third kappa shape index (κ3) is 4.05. The number of nitrogens with zero attached hydrogens (tertiary/aromatic N) is 1. The van der Waals surface area contributed by atoms with E-state index in [1.165, 1.54) is 0 Å². The van der Waals surface area contributed by atoms with E-state index in [2.05, 4.69) is 0 Å². The zero-order valence-electron chi connectivity index (χ0n) is 5.30. The minimum Gasteiger partial charge on any atom is -0.396 e. The molecule has 0 amide bonds. The lowest BCUT2D eigenvalue weighted by molar-refractivity contribution is 0.250. The molecule has 0 fully saturated rings. The molecule has 0 atom stereocenters. The molecule has 3 N–H and O–H groups in total. The predicted octanol–water partition coefficient (Wildman–Crippen LogP) is -0.783. The molecule has 0 unspecified atom stereocenters. The van der Waals surface area contributed by atoms with Crippen LogP contribution in [0.4, 0.5) is 0 Å². The molecule has 0 aliphatic heterocycles. The second-order valence-electron chi connectivity index (χ2n) is 1.84. The molecule has 0 spiro atoms. The third-order valence-corrected chi connectivity index (χ3v) is 1.01. The first-order valence-electron chi connectivity index (χ1n) is 2.80. The van der Waals surface area contributed by atoms with Gasteiger partial charge in [0, 0.05) is 19.8 Å². The zero-order valence-corrected chi connectivity index (χ0v) is 5.30. The Balaban J connectivity index is 2.86. The summed E-state index contributed by atoms with van der Waals surface area (Å²) in [5, 5.41) is 8.34. The Morgan fingerprint density at radius 2 is 2.25 bits per heavy atom. The van der Waals surface area contributed by atoms with Crippen LogP contribution in [0.1, 0.15) is 6.42 Å². The molecule has 3 heteroatoms. The quantitative estimate of drug-likeness (QED) is 0.476. The number of aliphatic hydroxyl groups is 1. The molecule has 0 bridgehead atoms. The number of hydrogen-bond donors (Lipinski definition) is 2. The van der Waals surface area contributed by atoms with Crippen LogP contribution in [0.25, 0.3) is 0 Å². The summed E-state index contributed by atoms with van der Waals surface area (Å²) in [6.45, 7) is 1.71. The van der Waals surface area contributed by atoms with Gasteiger partial charge in [0.05, 0.1) is 0 Å². The van der Waals surface area contributed by atoms with Crippen LogP contribution in [0.15, 0.2) is 0 Å². The van der Waals surface area contributed by atoms with Gasteiger partial charge in [-0.25, -0.2) is 0 Å². The van der Waals surface area contributed by atoms with E-state index >= 15 is 0 Å². The van der Waals surface area contributed by atoms with Crippen LogP contribution in [-0.2, 0) is 0 Å². The highest BCUT2D eigenvalue weighted by molar-refractivity contribution is 4.43. The van der Waals surface area contributed by atoms with Crippen molar-refractivity contribution < 1.29 is 5.11 Å². The maximum Gasteiger partial charge on any atom is 0.0452 e. The third-order valence-electron chi connectivity index (χ3n) is 1.01. The summed E-state index contributed by atoms with van der Waals surface area (Å²) in [6.07, 6.45) is 0.813.